The summed E-state index contributed by atoms with van der Waals surface area (Å²) >= 11 is 0. The molecule has 9 rings (SSSR count). The minimum Gasteiger partial charge on any atom is -0.311 e. The normalized spacial score (nSPS) is 11.2. The molecule has 0 radical (unpaired) electrons. The van der Waals surface area contributed by atoms with Crippen LogP contribution in [-0.4, -0.2) is 4.57 Å². The molecule has 0 aliphatic rings. The predicted molar refractivity (Wildman–Crippen MR) is 222 cm³/mol. The first-order valence-corrected chi connectivity index (χ1v) is 17.7. The SMILES string of the molecule is C=Cc1ccc(-c2ccc(-c3ccc(N(c4ccccc4)c4ccc(-c5ccc(-n6c7ccccc7c7ccccc76)cc5)cc4)cc3)cc2)cc1. The molecule has 1 aromatic heterocycles. The molecule has 2 heteroatoms. The Labute approximate surface area is 304 Å². The molecule has 2 nitrogen and oxygen atoms in total. The van der Waals surface area contributed by atoms with E-state index < -0.39 is 0 Å². The van der Waals surface area contributed by atoms with Crippen LogP contribution >= 0.6 is 0 Å². The molecule has 0 bridgehead atoms. The van der Waals surface area contributed by atoms with Gasteiger partial charge in [0.1, 0.15) is 0 Å². The Bertz CT molecular complexity index is 2580. The van der Waals surface area contributed by atoms with Crippen LogP contribution in [0.4, 0.5) is 17.1 Å². The molecule has 0 fully saturated rings. The Morgan fingerprint density at radius 2 is 0.692 bits per heavy atom. The van der Waals surface area contributed by atoms with Crippen LogP contribution in [0.25, 0.3) is 66.9 Å². The van der Waals surface area contributed by atoms with Crippen molar-refractivity contribution < 1.29 is 0 Å². The monoisotopic (exact) mass is 664 g/mol. The number of anilines is 3. The van der Waals surface area contributed by atoms with Crippen molar-refractivity contribution in [2.45, 2.75) is 0 Å². The van der Waals surface area contributed by atoms with Crippen LogP contribution in [0.2, 0.25) is 0 Å². The van der Waals surface area contributed by atoms with E-state index in [4.69, 9.17) is 0 Å². The molecule has 9 aromatic rings. The third-order valence-corrected chi connectivity index (χ3v) is 10.0. The van der Waals surface area contributed by atoms with Gasteiger partial charge >= 0.3 is 0 Å². The van der Waals surface area contributed by atoms with Crippen molar-refractivity contribution in [3.8, 4) is 39.1 Å². The lowest BCUT2D eigenvalue weighted by molar-refractivity contribution is 1.18. The molecule has 0 unspecified atom stereocenters. The minimum absolute atomic E-state index is 1.11. The van der Waals surface area contributed by atoms with Gasteiger partial charge in [-0.25, -0.2) is 0 Å². The van der Waals surface area contributed by atoms with Gasteiger partial charge in [0.2, 0.25) is 0 Å². The van der Waals surface area contributed by atoms with Crippen molar-refractivity contribution in [2.75, 3.05) is 4.90 Å². The summed E-state index contributed by atoms with van der Waals surface area (Å²) in [6.07, 6.45) is 1.87. The van der Waals surface area contributed by atoms with Crippen molar-refractivity contribution in [1.29, 1.82) is 0 Å². The fraction of sp³-hybridized carbons (Fsp3) is 0. The predicted octanol–water partition coefficient (Wildman–Crippen LogP) is 13.9. The first-order chi connectivity index (χ1) is 25.7. The van der Waals surface area contributed by atoms with Crippen LogP contribution in [0.15, 0.2) is 207 Å². The van der Waals surface area contributed by atoms with Gasteiger partial charge in [-0.05, 0) is 99.6 Å². The van der Waals surface area contributed by atoms with Crippen LogP contribution < -0.4 is 4.90 Å². The second-order valence-corrected chi connectivity index (χ2v) is 13.1. The molecule has 1 heterocycles. The van der Waals surface area contributed by atoms with Gasteiger partial charge in [0.15, 0.2) is 0 Å². The highest BCUT2D eigenvalue weighted by Crippen LogP contribution is 2.37. The van der Waals surface area contributed by atoms with Crippen LogP contribution in [0.3, 0.4) is 0 Å². The number of fused-ring (bicyclic) bond motifs is 3. The van der Waals surface area contributed by atoms with E-state index in [1.54, 1.807) is 0 Å². The maximum atomic E-state index is 3.86. The van der Waals surface area contributed by atoms with Gasteiger partial charge in [0.05, 0.1) is 11.0 Å². The highest BCUT2D eigenvalue weighted by molar-refractivity contribution is 6.09. The summed E-state index contributed by atoms with van der Waals surface area (Å²) in [5.74, 6) is 0. The number of rotatable bonds is 8. The highest BCUT2D eigenvalue weighted by Gasteiger charge is 2.14. The van der Waals surface area contributed by atoms with Crippen molar-refractivity contribution in [1.82, 2.24) is 4.57 Å². The molecule has 0 atom stereocenters. The van der Waals surface area contributed by atoms with Gasteiger partial charge in [0.25, 0.3) is 0 Å². The molecule has 52 heavy (non-hydrogen) atoms. The number of benzene rings is 8. The molecule has 0 aliphatic carbocycles. The van der Waals surface area contributed by atoms with Crippen molar-refractivity contribution in [2.24, 2.45) is 0 Å². The summed E-state index contributed by atoms with van der Waals surface area (Å²) in [4.78, 5) is 2.31. The second-order valence-electron chi connectivity index (χ2n) is 13.1. The average molecular weight is 665 g/mol. The Kier molecular flexibility index (Phi) is 8.03. The zero-order valence-electron chi connectivity index (χ0n) is 28.7. The van der Waals surface area contributed by atoms with Gasteiger partial charge in [0, 0.05) is 33.5 Å². The summed E-state index contributed by atoms with van der Waals surface area (Å²) < 4.78 is 2.36. The average Bonchev–Trinajstić information content (AvgIpc) is 3.56. The van der Waals surface area contributed by atoms with E-state index in [0.29, 0.717) is 0 Å². The topological polar surface area (TPSA) is 8.17 Å². The molecular weight excluding hydrogens is 629 g/mol. The maximum absolute atomic E-state index is 3.86. The largest absolute Gasteiger partial charge is 0.311 e. The standard InChI is InChI=1S/C50H36N2/c1-2-36-16-18-37(19-17-36)38-20-22-39(23-21-38)40-24-30-44(31-25-40)51(43-10-4-3-5-11-43)45-32-26-41(27-33-45)42-28-34-46(35-29-42)52-49-14-8-6-12-47(49)48-13-7-9-15-50(48)52/h2-35H,1H2. The van der Waals surface area contributed by atoms with Crippen molar-refractivity contribution >= 4 is 44.9 Å². The lowest BCUT2D eigenvalue weighted by atomic mass is 9.99. The molecule has 0 N–H and O–H groups in total. The summed E-state index contributed by atoms with van der Waals surface area (Å²) in [5, 5.41) is 2.55. The molecule has 246 valence electrons. The van der Waals surface area contributed by atoms with Gasteiger partial charge in [-0.1, -0.05) is 152 Å². The number of para-hydroxylation sites is 3. The van der Waals surface area contributed by atoms with Crippen LogP contribution in [0, 0.1) is 0 Å². The minimum atomic E-state index is 1.11. The van der Waals surface area contributed by atoms with E-state index in [0.717, 1.165) is 28.3 Å². The number of hydrogen-bond donors (Lipinski definition) is 0. The highest BCUT2D eigenvalue weighted by atomic mass is 15.1. The second kappa shape index (κ2) is 13.4. The maximum Gasteiger partial charge on any atom is 0.0541 e. The van der Waals surface area contributed by atoms with Gasteiger partial charge in [-0.3, -0.25) is 0 Å². The first kappa shape index (κ1) is 31.1. The van der Waals surface area contributed by atoms with E-state index in [1.165, 1.54) is 55.2 Å². The van der Waals surface area contributed by atoms with Crippen molar-refractivity contribution in [3.05, 3.63) is 212 Å². The molecule has 0 saturated carbocycles. The third-order valence-electron chi connectivity index (χ3n) is 10.0. The molecule has 0 spiro atoms. The van der Waals surface area contributed by atoms with Crippen molar-refractivity contribution in [3.63, 3.8) is 0 Å². The fourth-order valence-corrected chi connectivity index (χ4v) is 7.30. The molecule has 0 saturated heterocycles. The van der Waals surface area contributed by atoms with E-state index in [9.17, 15) is 0 Å². The summed E-state index contributed by atoms with van der Waals surface area (Å²) in [7, 11) is 0. The summed E-state index contributed by atoms with van der Waals surface area (Å²) in [6.45, 7) is 3.86. The zero-order chi connectivity index (χ0) is 34.9. The Morgan fingerprint density at radius 3 is 1.13 bits per heavy atom. The Balaban J connectivity index is 0.986. The molecular formula is C50H36N2. The van der Waals surface area contributed by atoms with Gasteiger partial charge in [-0.15, -0.1) is 0 Å². The zero-order valence-corrected chi connectivity index (χ0v) is 28.7. The van der Waals surface area contributed by atoms with E-state index in [-0.39, 0.29) is 0 Å². The van der Waals surface area contributed by atoms with Crippen LogP contribution in [-0.2, 0) is 0 Å². The van der Waals surface area contributed by atoms with Crippen LogP contribution in [0.1, 0.15) is 5.56 Å². The molecule has 0 amide bonds. The number of nitrogens with zero attached hydrogens (tertiary/aromatic N) is 2. The number of hydrogen-bond acceptors (Lipinski definition) is 1. The smallest absolute Gasteiger partial charge is 0.0541 e. The van der Waals surface area contributed by atoms with E-state index in [2.05, 4.69) is 216 Å². The molecule has 0 aliphatic heterocycles. The fourth-order valence-electron chi connectivity index (χ4n) is 7.30. The quantitative estimate of drug-likeness (QED) is 0.157. The number of aromatic nitrogens is 1. The summed E-state index contributed by atoms with van der Waals surface area (Å²) in [6, 6.07) is 71.8. The van der Waals surface area contributed by atoms with Gasteiger partial charge in [-0.2, -0.15) is 0 Å². The lowest BCUT2D eigenvalue weighted by Gasteiger charge is -2.26. The Hall–Kier alpha value is -6.90. The summed E-state index contributed by atoms with van der Waals surface area (Å²) in [5.41, 5.74) is 15.2. The third kappa shape index (κ3) is 5.77. The first-order valence-electron chi connectivity index (χ1n) is 17.7. The van der Waals surface area contributed by atoms with Crippen LogP contribution in [0.5, 0.6) is 0 Å². The molecule has 8 aromatic carbocycles. The Morgan fingerprint density at radius 1 is 0.346 bits per heavy atom. The van der Waals surface area contributed by atoms with E-state index in [1.807, 2.05) is 6.08 Å². The van der Waals surface area contributed by atoms with Gasteiger partial charge < -0.3 is 9.47 Å². The lowest BCUT2D eigenvalue weighted by Crippen LogP contribution is -2.09. The van der Waals surface area contributed by atoms with E-state index >= 15 is 0 Å².